The van der Waals surface area contributed by atoms with Crippen molar-refractivity contribution in [2.45, 2.75) is 39.5 Å². The SMILES string of the molecule is CCCCCC=C(C)C(=O)Cl.Cl. The zero-order valence-electron chi connectivity index (χ0n) is 7.60. The van der Waals surface area contributed by atoms with Gasteiger partial charge < -0.3 is 0 Å². The minimum Gasteiger partial charge on any atom is -0.276 e. The fraction of sp³-hybridized carbons (Fsp3) is 0.667. The molecule has 0 aliphatic carbocycles. The van der Waals surface area contributed by atoms with Gasteiger partial charge in [-0.05, 0) is 31.4 Å². The molecular weight excluding hydrogens is 195 g/mol. The summed E-state index contributed by atoms with van der Waals surface area (Å²) in [6.45, 7) is 3.91. The number of carbonyl (C=O) groups is 1. The lowest BCUT2D eigenvalue weighted by molar-refractivity contribution is -0.108. The fourth-order valence-corrected chi connectivity index (χ4v) is 0.870. The second kappa shape index (κ2) is 9.08. The van der Waals surface area contributed by atoms with Crippen molar-refractivity contribution >= 4 is 29.3 Å². The summed E-state index contributed by atoms with van der Waals surface area (Å²) in [7, 11) is 0. The largest absolute Gasteiger partial charge is 0.276 e. The highest BCUT2D eigenvalue weighted by molar-refractivity contribution is 6.67. The number of hydrogen-bond acceptors (Lipinski definition) is 1. The number of rotatable bonds is 5. The number of unbranched alkanes of at least 4 members (excludes halogenated alkanes) is 3. The Balaban J connectivity index is 0. The van der Waals surface area contributed by atoms with Gasteiger partial charge in [0, 0.05) is 5.57 Å². The Morgan fingerprint density at radius 2 is 2.00 bits per heavy atom. The molecule has 0 fully saturated rings. The van der Waals surface area contributed by atoms with Crippen molar-refractivity contribution in [3.63, 3.8) is 0 Å². The van der Waals surface area contributed by atoms with Crippen molar-refractivity contribution in [3.05, 3.63) is 11.6 Å². The maximum absolute atomic E-state index is 10.5. The highest BCUT2D eigenvalue weighted by Gasteiger charge is 1.96. The smallest absolute Gasteiger partial charge is 0.247 e. The van der Waals surface area contributed by atoms with E-state index in [0.29, 0.717) is 5.57 Å². The predicted molar refractivity (Wildman–Crippen MR) is 56.0 cm³/mol. The van der Waals surface area contributed by atoms with Crippen molar-refractivity contribution in [1.82, 2.24) is 0 Å². The van der Waals surface area contributed by atoms with Crippen molar-refractivity contribution in [3.8, 4) is 0 Å². The Bertz CT molecular complexity index is 153. The van der Waals surface area contributed by atoms with E-state index >= 15 is 0 Å². The lowest BCUT2D eigenvalue weighted by Crippen LogP contribution is -1.86. The average Bonchev–Trinajstić information content (AvgIpc) is 1.97. The molecule has 0 aliphatic heterocycles. The number of carbonyl (C=O) groups excluding carboxylic acids is 1. The summed E-state index contributed by atoms with van der Waals surface area (Å²) in [6, 6.07) is 0. The van der Waals surface area contributed by atoms with Crippen LogP contribution >= 0.6 is 24.0 Å². The molecule has 3 heteroatoms. The van der Waals surface area contributed by atoms with Gasteiger partial charge in [-0.25, -0.2) is 0 Å². The highest BCUT2D eigenvalue weighted by atomic mass is 35.5. The van der Waals surface area contributed by atoms with Crippen molar-refractivity contribution in [2.75, 3.05) is 0 Å². The summed E-state index contributed by atoms with van der Waals surface area (Å²) in [5.41, 5.74) is 0.669. The van der Waals surface area contributed by atoms with Crippen LogP contribution in [0.15, 0.2) is 11.6 Å². The molecule has 0 N–H and O–H groups in total. The first-order valence-electron chi connectivity index (χ1n) is 4.05. The van der Waals surface area contributed by atoms with Crippen LogP contribution in [0.5, 0.6) is 0 Å². The second-order valence-electron chi connectivity index (χ2n) is 2.66. The highest BCUT2D eigenvalue weighted by Crippen LogP contribution is 2.05. The Kier molecular flexibility index (Phi) is 11.0. The van der Waals surface area contributed by atoms with E-state index in [0.717, 1.165) is 12.8 Å². The second-order valence-corrected chi connectivity index (χ2v) is 3.00. The van der Waals surface area contributed by atoms with E-state index < -0.39 is 0 Å². The standard InChI is InChI=1S/C9H15ClO.ClH/c1-3-4-5-6-7-8(2)9(10)11;/h7H,3-6H2,1-2H3;1H. The van der Waals surface area contributed by atoms with E-state index in [9.17, 15) is 4.79 Å². The van der Waals surface area contributed by atoms with Crippen LogP contribution in [0.3, 0.4) is 0 Å². The van der Waals surface area contributed by atoms with Gasteiger partial charge in [-0.2, -0.15) is 0 Å². The summed E-state index contributed by atoms with van der Waals surface area (Å²) < 4.78 is 0. The molecule has 1 nitrogen and oxygen atoms in total. The number of hydrogen-bond donors (Lipinski definition) is 0. The molecule has 0 aromatic carbocycles. The third-order valence-corrected chi connectivity index (χ3v) is 1.87. The number of halogens is 2. The van der Waals surface area contributed by atoms with E-state index in [1.54, 1.807) is 6.92 Å². The minimum absolute atomic E-state index is 0. The van der Waals surface area contributed by atoms with Crippen LogP contribution in [0.4, 0.5) is 0 Å². The van der Waals surface area contributed by atoms with Crippen LogP contribution in [0, 0.1) is 0 Å². The molecular formula is C9H16Cl2O. The molecule has 0 amide bonds. The monoisotopic (exact) mass is 210 g/mol. The molecule has 0 saturated carbocycles. The van der Waals surface area contributed by atoms with Crippen molar-refractivity contribution in [2.24, 2.45) is 0 Å². The van der Waals surface area contributed by atoms with Crippen molar-refractivity contribution < 1.29 is 4.79 Å². The average molecular weight is 211 g/mol. The third-order valence-electron chi connectivity index (χ3n) is 1.57. The zero-order valence-corrected chi connectivity index (χ0v) is 9.17. The normalized spacial score (nSPS) is 10.8. The Morgan fingerprint density at radius 3 is 2.42 bits per heavy atom. The van der Waals surface area contributed by atoms with E-state index in [1.165, 1.54) is 12.8 Å². The lowest BCUT2D eigenvalue weighted by atomic mass is 10.1. The van der Waals surface area contributed by atoms with Crippen LogP contribution in [0.25, 0.3) is 0 Å². The Hall–Kier alpha value is -0.0100. The van der Waals surface area contributed by atoms with E-state index in [4.69, 9.17) is 11.6 Å². The van der Waals surface area contributed by atoms with Gasteiger partial charge in [-0.15, -0.1) is 12.4 Å². The summed E-state index contributed by atoms with van der Waals surface area (Å²) in [5.74, 6) is 0. The molecule has 0 saturated heterocycles. The molecule has 0 aromatic heterocycles. The maximum Gasteiger partial charge on any atom is 0.247 e. The number of allylic oxidation sites excluding steroid dienone is 2. The van der Waals surface area contributed by atoms with Gasteiger partial charge in [-0.1, -0.05) is 25.8 Å². The topological polar surface area (TPSA) is 17.1 Å². The fourth-order valence-electron chi connectivity index (χ4n) is 0.793. The predicted octanol–water partition coefficient (Wildman–Crippen LogP) is 3.70. The van der Waals surface area contributed by atoms with E-state index in [-0.39, 0.29) is 17.6 Å². The Labute approximate surface area is 85.6 Å². The van der Waals surface area contributed by atoms with Gasteiger partial charge in [0.1, 0.15) is 0 Å². The maximum atomic E-state index is 10.5. The summed E-state index contributed by atoms with van der Waals surface area (Å²) in [4.78, 5) is 10.5. The summed E-state index contributed by atoms with van der Waals surface area (Å²) in [5, 5.41) is -0.332. The first kappa shape index (κ1) is 14.5. The van der Waals surface area contributed by atoms with Gasteiger partial charge in [-0.3, -0.25) is 4.79 Å². The van der Waals surface area contributed by atoms with Gasteiger partial charge in [0.2, 0.25) is 5.24 Å². The van der Waals surface area contributed by atoms with Crippen LogP contribution in [-0.2, 0) is 4.79 Å². The van der Waals surface area contributed by atoms with Gasteiger partial charge in [0.05, 0.1) is 0 Å². The molecule has 0 atom stereocenters. The van der Waals surface area contributed by atoms with Crippen molar-refractivity contribution in [1.29, 1.82) is 0 Å². The van der Waals surface area contributed by atoms with Crippen LogP contribution in [0.1, 0.15) is 39.5 Å². The molecule has 0 bridgehead atoms. The first-order valence-corrected chi connectivity index (χ1v) is 4.43. The van der Waals surface area contributed by atoms with Crippen LogP contribution < -0.4 is 0 Å². The van der Waals surface area contributed by atoms with Gasteiger partial charge >= 0.3 is 0 Å². The van der Waals surface area contributed by atoms with E-state index in [2.05, 4.69) is 6.92 Å². The molecule has 12 heavy (non-hydrogen) atoms. The van der Waals surface area contributed by atoms with Crippen LogP contribution in [-0.4, -0.2) is 5.24 Å². The molecule has 0 aliphatic rings. The first-order chi connectivity index (χ1) is 5.18. The Morgan fingerprint density at radius 1 is 1.42 bits per heavy atom. The summed E-state index contributed by atoms with van der Waals surface area (Å²) in [6.07, 6.45) is 6.46. The molecule has 0 aromatic rings. The van der Waals surface area contributed by atoms with Gasteiger partial charge in [0.25, 0.3) is 0 Å². The van der Waals surface area contributed by atoms with Crippen LogP contribution in [0.2, 0.25) is 0 Å². The molecule has 72 valence electrons. The third kappa shape index (κ3) is 8.09. The molecule has 0 unspecified atom stereocenters. The zero-order chi connectivity index (χ0) is 8.69. The quantitative estimate of drug-likeness (QED) is 0.385. The lowest BCUT2D eigenvalue weighted by Gasteiger charge is -1.93. The van der Waals surface area contributed by atoms with Gasteiger partial charge in [0.15, 0.2) is 0 Å². The summed E-state index contributed by atoms with van der Waals surface area (Å²) >= 11 is 5.23. The molecule has 0 spiro atoms. The molecule has 0 radical (unpaired) electrons. The molecule has 0 heterocycles. The van der Waals surface area contributed by atoms with E-state index in [1.807, 2.05) is 6.08 Å². The molecule has 0 rings (SSSR count). The minimum atomic E-state index is -0.332.